The molecule has 2 fully saturated rings. The van der Waals surface area contributed by atoms with Gasteiger partial charge >= 0.3 is 11.9 Å². The van der Waals surface area contributed by atoms with E-state index in [0.717, 1.165) is 51.4 Å². The molecule has 0 aliphatic carbocycles. The second kappa shape index (κ2) is 38.8. The van der Waals surface area contributed by atoms with Crippen LogP contribution in [0.2, 0.25) is 0 Å². The molecule has 15 nitrogen and oxygen atoms in total. The van der Waals surface area contributed by atoms with Gasteiger partial charge < -0.3 is 64.2 Å². The maximum Gasteiger partial charge on any atom is 0.306 e. The first-order valence-corrected chi connectivity index (χ1v) is 25.9. The summed E-state index contributed by atoms with van der Waals surface area (Å²) in [6.45, 7) is 2.56. The van der Waals surface area contributed by atoms with Gasteiger partial charge in [0.1, 0.15) is 55.4 Å². The first-order valence-electron chi connectivity index (χ1n) is 25.9. The van der Waals surface area contributed by atoms with E-state index in [9.17, 15) is 45.3 Å². The fourth-order valence-corrected chi connectivity index (χ4v) is 8.09. The summed E-state index contributed by atoms with van der Waals surface area (Å²) in [6.07, 6.45) is 22.0. The zero-order chi connectivity index (χ0) is 48.2. The van der Waals surface area contributed by atoms with E-state index in [1.165, 1.54) is 103 Å². The fourth-order valence-electron chi connectivity index (χ4n) is 8.09. The molecule has 0 aromatic rings. The average Bonchev–Trinajstić information content (AvgIpc) is 3.31. The van der Waals surface area contributed by atoms with E-state index in [0.29, 0.717) is 12.8 Å². The van der Waals surface area contributed by atoms with E-state index in [2.05, 4.69) is 38.2 Å². The summed E-state index contributed by atoms with van der Waals surface area (Å²) in [6, 6.07) is 0. The number of hydrogen-bond acceptors (Lipinski definition) is 15. The van der Waals surface area contributed by atoms with Gasteiger partial charge in [-0.05, 0) is 64.2 Å². The number of esters is 2. The van der Waals surface area contributed by atoms with Crippen LogP contribution in [0.15, 0.2) is 24.3 Å². The molecule has 0 aromatic heterocycles. The molecule has 66 heavy (non-hydrogen) atoms. The zero-order valence-electron chi connectivity index (χ0n) is 40.7. The third-order valence-electron chi connectivity index (χ3n) is 12.4. The molecule has 2 rings (SSSR count). The summed E-state index contributed by atoms with van der Waals surface area (Å²) in [5.41, 5.74) is 0. The highest BCUT2D eigenvalue weighted by Gasteiger charge is 2.47. The molecule has 0 radical (unpaired) electrons. The Morgan fingerprint density at radius 3 is 1.36 bits per heavy atom. The van der Waals surface area contributed by atoms with E-state index in [1.807, 2.05) is 0 Å². The quantitative estimate of drug-likeness (QED) is 0.0184. The highest BCUT2D eigenvalue weighted by molar-refractivity contribution is 5.70. The molecular weight excluding hydrogens is 853 g/mol. The van der Waals surface area contributed by atoms with Crippen LogP contribution in [0.1, 0.15) is 194 Å². The molecule has 11 atom stereocenters. The van der Waals surface area contributed by atoms with Gasteiger partial charge in [-0.3, -0.25) is 9.59 Å². The van der Waals surface area contributed by atoms with Gasteiger partial charge in [-0.25, -0.2) is 0 Å². The number of rotatable bonds is 40. The molecule has 7 N–H and O–H groups in total. The first kappa shape index (κ1) is 60.1. The van der Waals surface area contributed by atoms with Crippen molar-refractivity contribution >= 4 is 11.9 Å². The first-order chi connectivity index (χ1) is 32.0. The Kier molecular flexibility index (Phi) is 35.3. The van der Waals surface area contributed by atoms with Crippen molar-refractivity contribution in [3.63, 3.8) is 0 Å². The standard InChI is InChI=1S/C51H92O15/c1-3-5-7-9-11-13-15-17-18-19-20-22-24-26-28-30-32-34-43(54)64-39(36-61-42(53)33-31-29-27-25-23-21-16-14-12-10-8-6-4-2)37-62-50-49(60)47(58)45(56)41(66-50)38-63-51-48(59)46(57)44(55)40(35-52)65-51/h13,15,21,23,39-41,44-52,55-60H,3-12,14,16-20,22,24-38H2,1-2H3/b15-13+,23-21+/t39-,40+,41+,44-,45-,46?,47?,48?,49?,50+,51+/m1/s1. The van der Waals surface area contributed by atoms with Gasteiger partial charge in [-0.2, -0.15) is 0 Å². The Labute approximate surface area is 396 Å². The van der Waals surface area contributed by atoms with Gasteiger partial charge in [0, 0.05) is 12.8 Å². The summed E-state index contributed by atoms with van der Waals surface area (Å²) in [5, 5.41) is 72.0. The van der Waals surface area contributed by atoms with Gasteiger partial charge in [0.05, 0.1) is 19.8 Å². The van der Waals surface area contributed by atoms with E-state index in [1.54, 1.807) is 0 Å². The number of allylic oxidation sites excluding steroid dienone is 4. The highest BCUT2D eigenvalue weighted by Crippen LogP contribution is 2.26. The molecule has 15 heteroatoms. The van der Waals surface area contributed by atoms with Crippen LogP contribution >= 0.6 is 0 Å². The summed E-state index contributed by atoms with van der Waals surface area (Å²) in [5.74, 6) is -0.942. The molecule has 0 spiro atoms. The number of carbonyl (C=O) groups excluding carboxylic acids is 2. The smallest absolute Gasteiger partial charge is 0.306 e. The van der Waals surface area contributed by atoms with Crippen molar-refractivity contribution in [1.82, 2.24) is 0 Å². The summed E-state index contributed by atoms with van der Waals surface area (Å²) >= 11 is 0. The average molecular weight is 945 g/mol. The SMILES string of the molecule is CCCCCC/C=C/CCCCCCCCCCCC(=O)O[C@H](COC(=O)CCCCC/C=C/CCCCCCCC)CO[C@H]1O[C@@H](CO[C@H]2O[C@@H](CO)[C@@H](O)C(O)C2O)[C@@H](O)C(O)C1O. The molecule has 2 saturated heterocycles. The minimum atomic E-state index is -1.76. The molecule has 0 bridgehead atoms. The van der Waals surface area contributed by atoms with Gasteiger partial charge in [-0.1, -0.05) is 141 Å². The monoisotopic (exact) mass is 945 g/mol. The Morgan fingerprint density at radius 2 is 0.864 bits per heavy atom. The van der Waals surface area contributed by atoms with Crippen LogP contribution < -0.4 is 0 Å². The van der Waals surface area contributed by atoms with Crippen molar-refractivity contribution in [2.45, 2.75) is 261 Å². The minimum Gasteiger partial charge on any atom is -0.462 e. The van der Waals surface area contributed by atoms with E-state index in [-0.39, 0.29) is 26.1 Å². The van der Waals surface area contributed by atoms with Crippen LogP contribution in [0, 0.1) is 0 Å². The molecule has 2 aliphatic rings. The van der Waals surface area contributed by atoms with Crippen molar-refractivity contribution in [3.8, 4) is 0 Å². The van der Waals surface area contributed by atoms with Crippen LogP contribution in [0.25, 0.3) is 0 Å². The van der Waals surface area contributed by atoms with E-state index < -0.39 is 92.7 Å². The molecule has 0 amide bonds. The third kappa shape index (κ3) is 26.7. The third-order valence-corrected chi connectivity index (χ3v) is 12.4. The number of carbonyl (C=O) groups is 2. The number of aliphatic hydroxyl groups excluding tert-OH is 7. The maximum atomic E-state index is 13.0. The highest BCUT2D eigenvalue weighted by atomic mass is 16.7. The minimum absolute atomic E-state index is 0.162. The Hall–Kier alpha value is -2.02. The summed E-state index contributed by atoms with van der Waals surface area (Å²) in [7, 11) is 0. The maximum absolute atomic E-state index is 13.0. The topological polar surface area (TPSA) is 231 Å². The molecule has 2 heterocycles. The van der Waals surface area contributed by atoms with Crippen molar-refractivity contribution in [3.05, 3.63) is 24.3 Å². The van der Waals surface area contributed by atoms with Crippen LogP contribution in [0.3, 0.4) is 0 Å². The lowest BCUT2D eigenvalue weighted by Gasteiger charge is -2.42. The van der Waals surface area contributed by atoms with Crippen molar-refractivity contribution in [2.75, 3.05) is 26.4 Å². The van der Waals surface area contributed by atoms with Crippen LogP contribution in [0.4, 0.5) is 0 Å². The van der Waals surface area contributed by atoms with Crippen molar-refractivity contribution < 1.29 is 73.8 Å². The van der Waals surface area contributed by atoms with E-state index >= 15 is 0 Å². The van der Waals surface area contributed by atoms with Gasteiger partial charge in [-0.15, -0.1) is 0 Å². The number of aliphatic hydroxyl groups is 7. The zero-order valence-corrected chi connectivity index (χ0v) is 40.7. The van der Waals surface area contributed by atoms with Crippen LogP contribution in [-0.4, -0.2) is 142 Å². The van der Waals surface area contributed by atoms with Gasteiger partial charge in [0.2, 0.25) is 0 Å². The number of unbranched alkanes of at least 4 members (excludes halogenated alkanes) is 22. The lowest BCUT2D eigenvalue weighted by Crippen LogP contribution is -2.61. The Morgan fingerprint density at radius 1 is 0.470 bits per heavy atom. The van der Waals surface area contributed by atoms with E-state index in [4.69, 9.17) is 28.4 Å². The Balaban J connectivity index is 1.81. The molecule has 4 unspecified atom stereocenters. The lowest BCUT2D eigenvalue weighted by molar-refractivity contribution is -0.332. The molecule has 0 saturated carbocycles. The molecule has 386 valence electrons. The number of ether oxygens (including phenoxy) is 6. The van der Waals surface area contributed by atoms with Gasteiger partial charge in [0.15, 0.2) is 18.7 Å². The largest absolute Gasteiger partial charge is 0.462 e. The molecular formula is C51H92O15. The molecule has 2 aliphatic heterocycles. The predicted molar refractivity (Wildman–Crippen MR) is 252 cm³/mol. The van der Waals surface area contributed by atoms with Crippen molar-refractivity contribution in [2.24, 2.45) is 0 Å². The summed E-state index contributed by atoms with van der Waals surface area (Å²) in [4.78, 5) is 25.7. The van der Waals surface area contributed by atoms with Gasteiger partial charge in [0.25, 0.3) is 0 Å². The fraction of sp³-hybridized carbons (Fsp3) is 0.882. The second-order valence-corrected chi connectivity index (χ2v) is 18.3. The Bertz CT molecular complexity index is 1250. The normalized spacial score (nSPS) is 26.3. The van der Waals surface area contributed by atoms with Crippen molar-refractivity contribution in [1.29, 1.82) is 0 Å². The summed E-state index contributed by atoms with van der Waals surface area (Å²) < 4.78 is 33.6. The molecule has 0 aromatic carbocycles. The van der Waals surface area contributed by atoms with Crippen LogP contribution in [0.5, 0.6) is 0 Å². The lowest BCUT2D eigenvalue weighted by atomic mass is 9.98. The second-order valence-electron chi connectivity index (χ2n) is 18.3. The predicted octanol–water partition coefficient (Wildman–Crippen LogP) is 7.16. The van der Waals surface area contributed by atoms with Crippen LogP contribution in [-0.2, 0) is 38.0 Å². The number of hydrogen-bond donors (Lipinski definition) is 7.